The number of nitrogens with zero attached hydrogens (tertiary/aromatic N) is 2. The highest BCUT2D eigenvalue weighted by Crippen LogP contribution is 2.11. The number of likely N-dealkylation sites (tertiary alicyclic amines) is 2. The van der Waals surface area contributed by atoms with Gasteiger partial charge in [0.15, 0.2) is 0 Å². The maximum Gasteiger partial charge on any atom is 0.407 e. The molecule has 2 heterocycles. The summed E-state index contributed by atoms with van der Waals surface area (Å²) >= 11 is 0. The summed E-state index contributed by atoms with van der Waals surface area (Å²) in [6.07, 6.45) is 6.47. The largest absolute Gasteiger partial charge is 0.465 e. The molecule has 0 aromatic heterocycles. The standard InChI is InChI=1S/C14H27N3O2/c18-14(19)17-11-5-13(6-12-17)15-7-4-10-16-8-2-1-3-9-16/h13,15H,1-12H2,(H,18,19). The number of hydrogen-bond donors (Lipinski definition) is 2. The molecule has 0 unspecified atom stereocenters. The molecule has 5 heteroatoms. The molecule has 0 aliphatic carbocycles. The van der Waals surface area contributed by atoms with Gasteiger partial charge < -0.3 is 20.2 Å². The van der Waals surface area contributed by atoms with Crippen LogP contribution in [0.15, 0.2) is 0 Å². The maximum atomic E-state index is 10.8. The summed E-state index contributed by atoms with van der Waals surface area (Å²) in [6.45, 7) is 6.18. The van der Waals surface area contributed by atoms with Crippen molar-refractivity contribution < 1.29 is 9.90 Å². The minimum Gasteiger partial charge on any atom is -0.465 e. The van der Waals surface area contributed by atoms with E-state index in [2.05, 4.69) is 10.2 Å². The summed E-state index contributed by atoms with van der Waals surface area (Å²) in [5.41, 5.74) is 0. The molecule has 2 aliphatic heterocycles. The monoisotopic (exact) mass is 269 g/mol. The van der Waals surface area contributed by atoms with Gasteiger partial charge in [-0.25, -0.2) is 4.79 Å². The van der Waals surface area contributed by atoms with E-state index in [1.54, 1.807) is 0 Å². The van der Waals surface area contributed by atoms with Crippen LogP contribution in [0.3, 0.4) is 0 Å². The average Bonchev–Trinajstić information content (AvgIpc) is 2.45. The van der Waals surface area contributed by atoms with Crippen LogP contribution < -0.4 is 5.32 Å². The Morgan fingerprint density at radius 2 is 1.79 bits per heavy atom. The molecule has 5 nitrogen and oxygen atoms in total. The predicted octanol–water partition coefficient (Wildman–Crippen LogP) is 1.59. The molecular weight excluding hydrogens is 242 g/mol. The van der Waals surface area contributed by atoms with Crippen LogP contribution in [0.5, 0.6) is 0 Å². The number of hydrogen-bond acceptors (Lipinski definition) is 3. The van der Waals surface area contributed by atoms with E-state index in [-0.39, 0.29) is 0 Å². The third kappa shape index (κ3) is 4.99. The van der Waals surface area contributed by atoms with Gasteiger partial charge in [0.1, 0.15) is 0 Å². The Balaban J connectivity index is 1.51. The number of rotatable bonds is 5. The lowest BCUT2D eigenvalue weighted by atomic mass is 10.1. The zero-order valence-electron chi connectivity index (χ0n) is 11.8. The van der Waals surface area contributed by atoms with E-state index in [1.165, 1.54) is 50.2 Å². The van der Waals surface area contributed by atoms with Gasteiger partial charge in [-0.05, 0) is 58.3 Å². The first-order valence-electron chi connectivity index (χ1n) is 7.69. The second-order valence-corrected chi connectivity index (χ2v) is 5.75. The average molecular weight is 269 g/mol. The Morgan fingerprint density at radius 1 is 1.11 bits per heavy atom. The first kappa shape index (κ1) is 14.6. The van der Waals surface area contributed by atoms with Crippen molar-refractivity contribution in [3.8, 4) is 0 Å². The highest BCUT2D eigenvalue weighted by Gasteiger charge is 2.21. The molecule has 2 rings (SSSR count). The molecule has 0 radical (unpaired) electrons. The van der Waals surface area contributed by atoms with Crippen LogP contribution in [-0.4, -0.2) is 66.3 Å². The number of carbonyl (C=O) groups is 1. The third-order valence-electron chi connectivity index (χ3n) is 4.30. The molecule has 2 aliphatic rings. The molecule has 110 valence electrons. The number of amides is 1. The van der Waals surface area contributed by atoms with Gasteiger partial charge in [-0.1, -0.05) is 6.42 Å². The summed E-state index contributed by atoms with van der Waals surface area (Å²) < 4.78 is 0. The summed E-state index contributed by atoms with van der Waals surface area (Å²) in [5, 5.41) is 12.5. The molecule has 0 aromatic rings. The van der Waals surface area contributed by atoms with Gasteiger partial charge in [0.2, 0.25) is 0 Å². The van der Waals surface area contributed by atoms with Crippen LogP contribution in [0.2, 0.25) is 0 Å². The molecule has 0 aromatic carbocycles. The predicted molar refractivity (Wildman–Crippen MR) is 75.5 cm³/mol. The highest BCUT2D eigenvalue weighted by molar-refractivity contribution is 5.65. The van der Waals surface area contributed by atoms with E-state index in [1.807, 2.05) is 0 Å². The Kier molecular flexibility index (Phi) is 5.92. The van der Waals surface area contributed by atoms with Gasteiger partial charge in [-0.15, -0.1) is 0 Å². The van der Waals surface area contributed by atoms with E-state index >= 15 is 0 Å². The molecular formula is C14H27N3O2. The zero-order chi connectivity index (χ0) is 13.5. The van der Waals surface area contributed by atoms with Crippen molar-refractivity contribution in [2.24, 2.45) is 0 Å². The lowest BCUT2D eigenvalue weighted by Crippen LogP contribution is -2.45. The summed E-state index contributed by atoms with van der Waals surface area (Å²) in [7, 11) is 0. The van der Waals surface area contributed by atoms with E-state index in [9.17, 15) is 4.79 Å². The van der Waals surface area contributed by atoms with Gasteiger partial charge in [0, 0.05) is 19.1 Å². The van der Waals surface area contributed by atoms with Crippen molar-refractivity contribution in [1.29, 1.82) is 0 Å². The molecule has 0 bridgehead atoms. The van der Waals surface area contributed by atoms with Gasteiger partial charge in [0.05, 0.1) is 0 Å². The SMILES string of the molecule is O=C(O)N1CCC(NCCCN2CCCCC2)CC1. The van der Waals surface area contributed by atoms with Crippen LogP contribution in [0.1, 0.15) is 38.5 Å². The lowest BCUT2D eigenvalue weighted by Gasteiger charge is -2.31. The fraction of sp³-hybridized carbons (Fsp3) is 0.929. The first-order chi connectivity index (χ1) is 9.25. The molecule has 2 saturated heterocycles. The summed E-state index contributed by atoms with van der Waals surface area (Å²) in [4.78, 5) is 14.9. The molecule has 0 saturated carbocycles. The van der Waals surface area contributed by atoms with Gasteiger partial charge in [-0.2, -0.15) is 0 Å². The molecule has 1 amide bonds. The van der Waals surface area contributed by atoms with E-state index in [4.69, 9.17) is 5.11 Å². The van der Waals surface area contributed by atoms with E-state index in [0.29, 0.717) is 19.1 Å². The lowest BCUT2D eigenvalue weighted by molar-refractivity contribution is 0.129. The minimum absolute atomic E-state index is 0.511. The van der Waals surface area contributed by atoms with Gasteiger partial charge >= 0.3 is 6.09 Å². The van der Waals surface area contributed by atoms with Crippen LogP contribution in [0.4, 0.5) is 4.79 Å². The smallest absolute Gasteiger partial charge is 0.407 e. The van der Waals surface area contributed by atoms with Crippen molar-refractivity contribution in [3.05, 3.63) is 0 Å². The molecule has 2 N–H and O–H groups in total. The van der Waals surface area contributed by atoms with E-state index in [0.717, 1.165) is 19.4 Å². The van der Waals surface area contributed by atoms with Gasteiger partial charge in [0.25, 0.3) is 0 Å². The molecule has 0 spiro atoms. The molecule has 2 fully saturated rings. The second kappa shape index (κ2) is 7.70. The number of piperidine rings is 2. The fourth-order valence-electron chi connectivity index (χ4n) is 3.07. The molecule has 0 atom stereocenters. The topological polar surface area (TPSA) is 55.8 Å². The Labute approximate surface area is 115 Å². The molecule has 19 heavy (non-hydrogen) atoms. The van der Waals surface area contributed by atoms with Crippen LogP contribution in [0.25, 0.3) is 0 Å². The summed E-state index contributed by atoms with van der Waals surface area (Å²) in [6, 6.07) is 0.511. The Morgan fingerprint density at radius 3 is 2.42 bits per heavy atom. The number of carboxylic acid groups (broad SMARTS) is 1. The Bertz CT molecular complexity index is 272. The summed E-state index contributed by atoms with van der Waals surface area (Å²) in [5.74, 6) is 0. The normalized spacial score (nSPS) is 22.6. The maximum absolute atomic E-state index is 10.8. The minimum atomic E-state index is -0.774. The van der Waals surface area contributed by atoms with Gasteiger partial charge in [-0.3, -0.25) is 0 Å². The second-order valence-electron chi connectivity index (χ2n) is 5.75. The van der Waals surface area contributed by atoms with Crippen molar-refractivity contribution in [3.63, 3.8) is 0 Å². The quantitative estimate of drug-likeness (QED) is 0.744. The third-order valence-corrected chi connectivity index (χ3v) is 4.30. The Hall–Kier alpha value is -0.810. The first-order valence-corrected chi connectivity index (χ1v) is 7.69. The fourth-order valence-corrected chi connectivity index (χ4v) is 3.07. The van der Waals surface area contributed by atoms with Crippen molar-refractivity contribution in [1.82, 2.24) is 15.1 Å². The highest BCUT2D eigenvalue weighted by atomic mass is 16.4. The van der Waals surface area contributed by atoms with Crippen LogP contribution in [-0.2, 0) is 0 Å². The van der Waals surface area contributed by atoms with E-state index < -0.39 is 6.09 Å². The van der Waals surface area contributed by atoms with Crippen LogP contribution >= 0.6 is 0 Å². The zero-order valence-corrected chi connectivity index (χ0v) is 11.8. The van der Waals surface area contributed by atoms with Crippen molar-refractivity contribution in [2.75, 3.05) is 39.3 Å². The van der Waals surface area contributed by atoms with Crippen molar-refractivity contribution >= 4 is 6.09 Å². The number of nitrogens with one attached hydrogen (secondary N) is 1. The van der Waals surface area contributed by atoms with Crippen LogP contribution in [0, 0.1) is 0 Å². The van der Waals surface area contributed by atoms with Crippen molar-refractivity contribution in [2.45, 2.75) is 44.6 Å².